The number of aldehydes is 1. The van der Waals surface area contributed by atoms with Gasteiger partial charge in [0.05, 0.1) is 0 Å². The third kappa shape index (κ3) is 4.54. The molecule has 0 fully saturated rings. The van der Waals surface area contributed by atoms with Gasteiger partial charge >= 0.3 is 29.6 Å². The normalized spacial score (nSPS) is 8.38. The van der Waals surface area contributed by atoms with Crippen molar-refractivity contribution in [3.05, 3.63) is 29.8 Å². The summed E-state index contributed by atoms with van der Waals surface area (Å²) in [6, 6.07) is 5.68. The number of benzene rings is 1. The molecule has 0 aliphatic heterocycles. The van der Waals surface area contributed by atoms with Gasteiger partial charge in [-0.3, -0.25) is 4.79 Å². The molecule has 1 rings (SSSR count). The molecule has 0 bridgehead atoms. The summed E-state index contributed by atoms with van der Waals surface area (Å²) < 4.78 is 20.6. The van der Waals surface area contributed by atoms with E-state index in [-0.39, 0.29) is 39.9 Å². The van der Waals surface area contributed by atoms with Crippen molar-refractivity contribution in [2.45, 2.75) is 4.90 Å². The molecule has 0 atom stereocenters. The van der Waals surface area contributed by atoms with E-state index >= 15 is 0 Å². The molecule has 0 heterocycles. The maximum atomic E-state index is 10.3. The van der Waals surface area contributed by atoms with E-state index < -0.39 is 10.7 Å². The molecule has 0 aromatic heterocycles. The largest absolute Gasteiger partial charge is 1.00 e. The van der Waals surface area contributed by atoms with Gasteiger partial charge in [0.1, 0.15) is 6.29 Å². The Kier molecular flexibility index (Phi) is 8.49. The van der Waals surface area contributed by atoms with E-state index in [1.54, 1.807) is 0 Å². The van der Waals surface area contributed by atoms with Gasteiger partial charge in [-0.2, -0.15) is 0 Å². The van der Waals surface area contributed by atoms with Crippen molar-refractivity contribution in [1.29, 1.82) is 0 Å². The maximum absolute atomic E-state index is 10.3. The van der Waals surface area contributed by atoms with Crippen LogP contribution in [-0.4, -0.2) is 11.8 Å². The van der Waals surface area contributed by atoms with Crippen LogP contribution in [0.1, 0.15) is 10.4 Å². The van der Waals surface area contributed by atoms with Crippen LogP contribution in [0.4, 0.5) is 0 Å². The van der Waals surface area contributed by atoms with Crippen LogP contribution in [0.2, 0.25) is 0 Å². The first-order chi connectivity index (χ1) is 5.24. The molecular formula is C7H6NaO4S-. The summed E-state index contributed by atoms with van der Waals surface area (Å²) in [6.45, 7) is 0. The van der Waals surface area contributed by atoms with E-state index in [9.17, 15) is 13.2 Å². The quantitative estimate of drug-likeness (QED) is 0.320. The number of hydrogen-bond donors (Lipinski definition) is 0. The fourth-order valence-corrected chi connectivity index (χ4v) is 1.02. The van der Waals surface area contributed by atoms with Crippen LogP contribution in [0, 0.1) is 0 Å². The molecule has 0 amide bonds. The van der Waals surface area contributed by atoms with Crippen molar-refractivity contribution >= 4 is 17.0 Å². The Bertz CT molecular complexity index is 323. The Balaban J connectivity index is 0. The van der Waals surface area contributed by atoms with Gasteiger partial charge in [0.25, 0.3) is 0 Å². The van der Waals surface area contributed by atoms with Gasteiger partial charge in [0, 0.05) is 5.56 Å². The summed E-state index contributed by atoms with van der Waals surface area (Å²) in [5.74, 6) is 0. The summed E-state index contributed by atoms with van der Waals surface area (Å²) >= 11 is 0. The minimum Gasteiger partial charge on any atom is -0.870 e. The summed E-state index contributed by atoms with van der Waals surface area (Å²) in [5.41, 5.74) is 0.471. The van der Waals surface area contributed by atoms with Crippen LogP contribution in [0.15, 0.2) is 29.2 Å². The maximum Gasteiger partial charge on any atom is 1.00 e. The summed E-state index contributed by atoms with van der Waals surface area (Å²) in [6.07, 6.45) is 0.664. The van der Waals surface area contributed by atoms with Crippen molar-refractivity contribution in [2.24, 2.45) is 0 Å². The zero-order valence-corrected chi connectivity index (χ0v) is 9.78. The zero-order valence-electron chi connectivity index (χ0n) is 6.97. The molecule has 0 aliphatic rings. The molecule has 1 aromatic carbocycles. The summed E-state index contributed by atoms with van der Waals surface area (Å²) in [4.78, 5) is 10.3. The minimum atomic E-state index is -2.21. The third-order valence-corrected chi connectivity index (χ3v) is 1.87. The van der Waals surface area contributed by atoms with Gasteiger partial charge in [-0.15, -0.1) is 0 Å². The van der Waals surface area contributed by atoms with E-state index in [0.717, 1.165) is 0 Å². The Labute approximate surface area is 99.5 Å². The zero-order chi connectivity index (χ0) is 8.27. The molecule has 1 N–H and O–H groups in total. The van der Waals surface area contributed by atoms with Crippen molar-refractivity contribution in [3.8, 4) is 0 Å². The molecule has 0 aliphatic carbocycles. The van der Waals surface area contributed by atoms with Crippen molar-refractivity contribution in [3.63, 3.8) is 0 Å². The van der Waals surface area contributed by atoms with E-state index in [1.807, 2.05) is 0 Å². The molecule has 6 heteroatoms. The van der Waals surface area contributed by atoms with Gasteiger partial charge < -0.3 is 13.9 Å². The van der Waals surface area contributed by atoms with Crippen LogP contribution < -0.4 is 29.6 Å². The molecular weight excluding hydrogens is 203 g/mol. The number of rotatable bonds is 2. The van der Waals surface area contributed by atoms with Crippen LogP contribution >= 0.6 is 0 Å². The molecule has 4 nitrogen and oxygen atoms in total. The summed E-state index contributed by atoms with van der Waals surface area (Å²) in [5, 5.41) is 0. The van der Waals surface area contributed by atoms with E-state index in [4.69, 9.17) is 0 Å². The van der Waals surface area contributed by atoms with Crippen molar-refractivity contribution in [1.82, 2.24) is 0 Å². The predicted molar refractivity (Wildman–Crippen MR) is 40.8 cm³/mol. The molecule has 0 spiro atoms. The number of carbonyl (C=O) groups is 1. The minimum absolute atomic E-state index is 0. The van der Waals surface area contributed by atoms with E-state index in [0.29, 0.717) is 11.8 Å². The fraction of sp³-hybridized carbons (Fsp3) is 0. The van der Waals surface area contributed by atoms with Crippen LogP contribution in [0.3, 0.4) is 0 Å². The Morgan fingerprint density at radius 1 is 1.08 bits per heavy atom. The summed E-state index contributed by atoms with van der Waals surface area (Å²) in [7, 11) is -2.21. The van der Waals surface area contributed by atoms with Gasteiger partial charge in [-0.25, -0.2) is 0 Å². The van der Waals surface area contributed by atoms with Gasteiger partial charge in [0.2, 0.25) is 0 Å². The molecule has 0 radical (unpaired) electrons. The molecule has 1 aromatic rings. The van der Waals surface area contributed by atoms with Gasteiger partial charge in [0.15, 0.2) is 0 Å². The molecule has 13 heavy (non-hydrogen) atoms. The number of hydrogen-bond acceptors (Lipinski definition) is 5. The standard InChI is InChI=1S/C7H5O3S.Na.H2O/c8-5-6-1-3-7(4-2-6)11(9)10;;/h1-5H;;1H2/q-1;+1;/p-1. The Morgan fingerprint density at radius 2 is 1.54 bits per heavy atom. The smallest absolute Gasteiger partial charge is 0.870 e. The Hall–Kier alpha value is -0.200. The monoisotopic (exact) mass is 209 g/mol. The van der Waals surface area contributed by atoms with Gasteiger partial charge in [-0.05, 0) is 10.7 Å². The van der Waals surface area contributed by atoms with E-state index in [2.05, 4.69) is 0 Å². The fourth-order valence-electron chi connectivity index (χ4n) is 0.658. The second kappa shape index (κ2) is 7.23. The SMILES string of the molecule is O=Cc1ccc([S-](=O)=O)cc1.[Na+].[OH-]. The first kappa shape index (κ1) is 15.3. The Morgan fingerprint density at radius 3 is 1.85 bits per heavy atom. The first-order valence-electron chi connectivity index (χ1n) is 2.88. The number of carbonyl (C=O) groups excluding carboxylic acids is 1. The molecule has 0 saturated carbocycles. The van der Waals surface area contributed by atoms with E-state index in [1.165, 1.54) is 24.3 Å². The first-order valence-corrected chi connectivity index (χ1v) is 3.96. The van der Waals surface area contributed by atoms with Crippen LogP contribution in [-0.2, 0) is 19.1 Å². The molecule has 0 saturated heterocycles. The predicted octanol–water partition coefficient (Wildman–Crippen LogP) is -2.01. The second-order valence-corrected chi connectivity index (χ2v) is 2.86. The molecule has 0 unspecified atom stereocenters. The average Bonchev–Trinajstić information content (AvgIpc) is 2.05. The average molecular weight is 209 g/mol. The van der Waals surface area contributed by atoms with Gasteiger partial charge in [-0.1, -0.05) is 29.2 Å². The third-order valence-electron chi connectivity index (χ3n) is 1.21. The van der Waals surface area contributed by atoms with Crippen molar-refractivity contribution in [2.75, 3.05) is 0 Å². The topological polar surface area (TPSA) is 81.2 Å². The van der Waals surface area contributed by atoms with Crippen LogP contribution in [0.5, 0.6) is 0 Å². The molecule has 66 valence electrons. The second-order valence-electron chi connectivity index (χ2n) is 1.92. The van der Waals surface area contributed by atoms with Crippen molar-refractivity contribution < 1.29 is 48.2 Å². The van der Waals surface area contributed by atoms with Crippen LogP contribution in [0.25, 0.3) is 0 Å².